The van der Waals surface area contributed by atoms with Gasteiger partial charge in [-0.25, -0.2) is 0 Å². The molecule has 7 rings (SSSR count). The van der Waals surface area contributed by atoms with Gasteiger partial charge in [-0.05, 0) is 68.2 Å². The van der Waals surface area contributed by atoms with Crippen LogP contribution in [0.1, 0.15) is 88.0 Å². The van der Waals surface area contributed by atoms with Crippen LogP contribution in [0.3, 0.4) is 0 Å². The van der Waals surface area contributed by atoms with Crippen molar-refractivity contribution in [3.8, 4) is 0 Å². The zero-order valence-electron chi connectivity index (χ0n) is 40.1. The molecule has 9 atom stereocenters. The summed E-state index contributed by atoms with van der Waals surface area (Å²) in [5, 5.41) is 14.4. The van der Waals surface area contributed by atoms with Crippen LogP contribution in [0.5, 0.6) is 0 Å². The van der Waals surface area contributed by atoms with Gasteiger partial charge in [0, 0.05) is 13.0 Å². The molecule has 0 saturated carbocycles. The smallest absolute Gasteiger partial charge is 0.261 e. The van der Waals surface area contributed by atoms with Gasteiger partial charge >= 0.3 is 0 Å². The number of rotatable bonds is 18. The van der Waals surface area contributed by atoms with Crippen molar-refractivity contribution in [3.63, 3.8) is 0 Å². The zero-order valence-corrected chi connectivity index (χ0v) is 43.1. The van der Waals surface area contributed by atoms with E-state index < -0.39 is 61.6 Å². The standard InChI is InChI=1S/C54H76O7Si3/c1-11-40(59-62(12-2,13-3)14-4)39-47-49(60-63(53(5,6)7,42-27-19-15-20-28-42)43-29-21-16-22-30-43)50-51(58-47)52(48-46(57-50)36-35-41(56-48)37-38-55)61-64(54(8,9)10,44-31-23-17-24-32-44)45-33-25-18-26-34-45/h11,15-34,40-41,46-52,55H,1,12-14,35-39H2,2-10H3/t40?,41?,46-,47+,48-,49-,50-,51+,52-/m0/s1. The van der Waals surface area contributed by atoms with E-state index in [0.717, 1.165) is 31.0 Å². The van der Waals surface area contributed by atoms with Crippen molar-refractivity contribution >= 4 is 45.7 Å². The van der Waals surface area contributed by atoms with Crippen LogP contribution in [0.15, 0.2) is 134 Å². The maximum atomic E-state index is 10.2. The molecule has 3 saturated heterocycles. The Balaban J connectivity index is 1.43. The molecule has 0 aliphatic carbocycles. The van der Waals surface area contributed by atoms with E-state index in [1.807, 2.05) is 6.08 Å². The average Bonchev–Trinajstić information content (AvgIpc) is 3.64. The van der Waals surface area contributed by atoms with E-state index in [1.54, 1.807) is 0 Å². The molecule has 346 valence electrons. The predicted octanol–water partition coefficient (Wildman–Crippen LogP) is 9.31. The Morgan fingerprint density at radius 2 is 1.03 bits per heavy atom. The lowest BCUT2D eigenvalue weighted by Gasteiger charge is -2.53. The number of ether oxygens (including phenoxy) is 3. The van der Waals surface area contributed by atoms with Crippen molar-refractivity contribution < 1.29 is 32.6 Å². The maximum Gasteiger partial charge on any atom is 0.261 e. The van der Waals surface area contributed by atoms with Crippen LogP contribution in [0.25, 0.3) is 0 Å². The molecular formula is C54H76O7Si3. The van der Waals surface area contributed by atoms with Crippen LogP contribution in [0.4, 0.5) is 0 Å². The third-order valence-electron chi connectivity index (χ3n) is 14.8. The number of benzene rings is 4. The van der Waals surface area contributed by atoms with E-state index in [4.69, 9.17) is 27.5 Å². The highest BCUT2D eigenvalue weighted by molar-refractivity contribution is 7.00. The van der Waals surface area contributed by atoms with Crippen LogP contribution >= 0.6 is 0 Å². The van der Waals surface area contributed by atoms with Gasteiger partial charge in [0.25, 0.3) is 16.6 Å². The molecule has 0 radical (unpaired) electrons. The van der Waals surface area contributed by atoms with Gasteiger partial charge in [-0.2, -0.15) is 0 Å². The Labute approximate surface area is 388 Å². The molecule has 3 fully saturated rings. The fourth-order valence-electron chi connectivity index (χ4n) is 11.2. The number of hydrogen-bond donors (Lipinski definition) is 1. The van der Waals surface area contributed by atoms with Crippen molar-refractivity contribution in [2.24, 2.45) is 0 Å². The van der Waals surface area contributed by atoms with E-state index in [9.17, 15) is 5.11 Å². The lowest BCUT2D eigenvalue weighted by molar-refractivity contribution is -0.255. The van der Waals surface area contributed by atoms with Crippen LogP contribution in [-0.4, -0.2) is 91.6 Å². The van der Waals surface area contributed by atoms with Crippen molar-refractivity contribution in [3.05, 3.63) is 134 Å². The molecule has 3 heterocycles. The number of hydrogen-bond acceptors (Lipinski definition) is 7. The van der Waals surface area contributed by atoms with E-state index in [0.29, 0.717) is 12.8 Å². The Bertz CT molecular complexity index is 1970. The third kappa shape index (κ3) is 9.44. The quantitative estimate of drug-likeness (QED) is 0.0789. The number of aliphatic hydroxyl groups is 1. The van der Waals surface area contributed by atoms with Crippen molar-refractivity contribution in [1.29, 1.82) is 0 Å². The minimum atomic E-state index is -3.16. The molecule has 0 aromatic heterocycles. The second-order valence-corrected chi connectivity index (χ2v) is 33.7. The number of aliphatic hydroxyl groups excluding tert-OH is 1. The molecule has 3 aliphatic heterocycles. The first-order chi connectivity index (χ1) is 30.7. The van der Waals surface area contributed by atoms with Crippen LogP contribution in [0.2, 0.25) is 28.2 Å². The molecule has 10 heteroatoms. The maximum absolute atomic E-state index is 10.2. The molecule has 4 aromatic carbocycles. The second kappa shape index (κ2) is 20.5. The van der Waals surface area contributed by atoms with Gasteiger partial charge in [0.1, 0.15) is 30.5 Å². The summed E-state index contributed by atoms with van der Waals surface area (Å²) in [5.74, 6) is 0. The Kier molecular flexibility index (Phi) is 15.6. The fraction of sp³-hybridized carbons (Fsp3) is 0.519. The molecule has 1 N–H and O–H groups in total. The summed E-state index contributed by atoms with van der Waals surface area (Å²) in [6.07, 6.45) is 1.28. The SMILES string of the molecule is C=CC(C[C@H]1O[C@H]2[C@@H](O[Si](c3ccccc3)(c3ccccc3)C(C)(C)C)[C@H]3OC(CCO)CC[C@@H]3O[C@H]2[C@H]1O[Si](c1ccccc1)(c1ccccc1)C(C)(C)C)O[Si](CC)(CC)CC. The summed E-state index contributed by atoms with van der Waals surface area (Å²) in [7, 11) is -8.34. The van der Waals surface area contributed by atoms with Crippen molar-refractivity contribution in [2.75, 3.05) is 6.61 Å². The van der Waals surface area contributed by atoms with E-state index in [1.165, 1.54) is 20.7 Å². The first kappa shape index (κ1) is 48.9. The monoisotopic (exact) mass is 920 g/mol. The molecule has 4 aromatic rings. The predicted molar refractivity (Wildman–Crippen MR) is 269 cm³/mol. The molecule has 7 nitrogen and oxygen atoms in total. The van der Waals surface area contributed by atoms with Gasteiger partial charge in [0.2, 0.25) is 0 Å². The lowest BCUT2D eigenvalue weighted by atomic mass is 9.88. The highest BCUT2D eigenvalue weighted by Crippen LogP contribution is 2.48. The molecular weight excluding hydrogens is 845 g/mol. The summed E-state index contributed by atoms with van der Waals surface area (Å²) in [4.78, 5) is 0. The Morgan fingerprint density at radius 1 is 0.609 bits per heavy atom. The summed E-state index contributed by atoms with van der Waals surface area (Å²) in [5.41, 5.74) is 0. The molecule has 0 amide bonds. The normalized spacial score (nSPS) is 25.9. The molecule has 0 bridgehead atoms. The minimum Gasteiger partial charge on any atom is -0.410 e. The molecule has 3 aliphatic rings. The van der Waals surface area contributed by atoms with Crippen molar-refractivity contribution in [1.82, 2.24) is 0 Å². The molecule has 64 heavy (non-hydrogen) atoms. The Hall–Kier alpha value is -3.01. The fourth-order valence-corrected chi connectivity index (χ4v) is 23.5. The second-order valence-electron chi connectivity index (χ2n) is 20.5. The van der Waals surface area contributed by atoms with Crippen molar-refractivity contribution in [2.45, 2.75) is 171 Å². The van der Waals surface area contributed by atoms with Crippen LogP contribution in [-0.2, 0) is 27.5 Å². The molecule has 0 spiro atoms. The van der Waals surface area contributed by atoms with E-state index in [2.05, 4.69) is 190 Å². The lowest BCUT2D eigenvalue weighted by Crippen LogP contribution is -2.73. The summed E-state index contributed by atoms with van der Waals surface area (Å²) >= 11 is 0. The largest absolute Gasteiger partial charge is 0.410 e. The van der Waals surface area contributed by atoms with Gasteiger partial charge in [-0.3, -0.25) is 0 Å². The average molecular weight is 921 g/mol. The van der Waals surface area contributed by atoms with Crippen LogP contribution in [0, 0.1) is 0 Å². The van der Waals surface area contributed by atoms with E-state index >= 15 is 0 Å². The van der Waals surface area contributed by atoms with Crippen LogP contribution < -0.4 is 20.7 Å². The summed E-state index contributed by atoms with van der Waals surface area (Å²) < 4.78 is 46.0. The first-order valence-corrected chi connectivity index (χ1v) is 30.5. The Morgan fingerprint density at radius 3 is 1.42 bits per heavy atom. The van der Waals surface area contributed by atoms with Gasteiger partial charge in [-0.1, -0.05) is 190 Å². The summed E-state index contributed by atoms with van der Waals surface area (Å²) in [6.45, 7) is 25.3. The van der Waals surface area contributed by atoms with E-state index in [-0.39, 0.29) is 35.0 Å². The highest BCUT2D eigenvalue weighted by Gasteiger charge is 2.64. The number of fused-ring (bicyclic) bond motifs is 2. The third-order valence-corrected chi connectivity index (χ3v) is 29.5. The topological polar surface area (TPSA) is 75.6 Å². The van der Waals surface area contributed by atoms with Gasteiger partial charge in [-0.15, -0.1) is 6.58 Å². The molecule has 2 unspecified atom stereocenters. The van der Waals surface area contributed by atoms with Gasteiger partial charge in [0.05, 0.1) is 24.4 Å². The van der Waals surface area contributed by atoms with Gasteiger partial charge < -0.3 is 32.6 Å². The highest BCUT2D eigenvalue weighted by atomic mass is 28.4. The van der Waals surface area contributed by atoms with Gasteiger partial charge in [0.15, 0.2) is 8.32 Å². The summed E-state index contributed by atoms with van der Waals surface area (Å²) in [6, 6.07) is 46.6. The zero-order chi connectivity index (χ0) is 45.8. The minimum absolute atomic E-state index is 0.0587. The first-order valence-electron chi connectivity index (χ1n) is 24.2.